The summed E-state index contributed by atoms with van der Waals surface area (Å²) in [5, 5.41) is 3.49. The second-order valence-electron chi connectivity index (χ2n) is 9.56. The lowest BCUT2D eigenvalue weighted by atomic mass is 9.88. The van der Waals surface area contributed by atoms with Gasteiger partial charge in [-0.15, -0.1) is 13.2 Å². The Balaban J connectivity index is 0.00000127. The monoisotopic (exact) mass is 533 g/mol. The van der Waals surface area contributed by atoms with Gasteiger partial charge in [0.15, 0.2) is 0 Å². The Morgan fingerprint density at radius 1 is 0.923 bits per heavy atom. The number of halogens is 2. The highest BCUT2D eigenvalue weighted by atomic mass is 19.1. The van der Waals surface area contributed by atoms with Crippen LogP contribution in [0.1, 0.15) is 60.3 Å². The van der Waals surface area contributed by atoms with Gasteiger partial charge in [0.1, 0.15) is 11.6 Å². The van der Waals surface area contributed by atoms with Crippen molar-refractivity contribution in [1.29, 1.82) is 0 Å². The van der Waals surface area contributed by atoms with Crippen molar-refractivity contribution in [3.05, 3.63) is 132 Å². The van der Waals surface area contributed by atoms with Crippen LogP contribution in [0.2, 0.25) is 0 Å². The van der Waals surface area contributed by atoms with E-state index in [0.717, 1.165) is 55.8 Å². The van der Waals surface area contributed by atoms with Gasteiger partial charge in [-0.3, -0.25) is 0 Å². The third-order valence-electron chi connectivity index (χ3n) is 7.18. The fourth-order valence-electron chi connectivity index (χ4n) is 5.12. The van der Waals surface area contributed by atoms with Crippen molar-refractivity contribution >= 4 is 0 Å². The number of allylic oxidation sites excluding steroid dienone is 1. The number of rotatable bonds is 10. The SMILES string of the molecule is C=C.C=C(NCCCN1CCC(c2cccc(CC)c2)CC1)C(c1ccc(F)cc1)c1ccc(F)cc1.CN. The van der Waals surface area contributed by atoms with Crippen molar-refractivity contribution in [1.82, 2.24) is 10.2 Å². The van der Waals surface area contributed by atoms with E-state index >= 15 is 0 Å². The molecule has 1 aliphatic heterocycles. The molecular formula is C34H45F2N3. The molecule has 3 aromatic rings. The van der Waals surface area contributed by atoms with Gasteiger partial charge in [-0.2, -0.15) is 0 Å². The molecule has 3 aromatic carbocycles. The maximum absolute atomic E-state index is 13.5. The lowest BCUT2D eigenvalue weighted by molar-refractivity contribution is 0.210. The molecule has 0 radical (unpaired) electrons. The molecule has 210 valence electrons. The quantitative estimate of drug-likeness (QED) is 0.211. The van der Waals surface area contributed by atoms with E-state index in [0.29, 0.717) is 5.92 Å². The Labute approximate surface area is 234 Å². The van der Waals surface area contributed by atoms with Gasteiger partial charge in [-0.1, -0.05) is 62.0 Å². The second kappa shape index (κ2) is 17.3. The minimum Gasteiger partial charge on any atom is -0.388 e. The molecule has 1 saturated heterocycles. The third-order valence-corrected chi connectivity index (χ3v) is 7.18. The first-order valence-corrected chi connectivity index (χ1v) is 13.9. The summed E-state index contributed by atoms with van der Waals surface area (Å²) < 4.78 is 27.0. The molecule has 5 heteroatoms. The molecule has 0 spiro atoms. The highest BCUT2D eigenvalue weighted by Gasteiger charge is 2.21. The second-order valence-corrected chi connectivity index (χ2v) is 9.56. The molecule has 0 unspecified atom stereocenters. The van der Waals surface area contributed by atoms with E-state index in [2.05, 4.69) is 66.9 Å². The molecule has 0 amide bonds. The molecule has 4 rings (SSSR count). The van der Waals surface area contributed by atoms with Crippen LogP contribution in [0.5, 0.6) is 0 Å². The van der Waals surface area contributed by atoms with Gasteiger partial charge in [0, 0.05) is 18.2 Å². The zero-order chi connectivity index (χ0) is 28.6. The van der Waals surface area contributed by atoms with Gasteiger partial charge >= 0.3 is 0 Å². The molecule has 3 N–H and O–H groups in total. The van der Waals surface area contributed by atoms with Crippen molar-refractivity contribution in [3.8, 4) is 0 Å². The summed E-state index contributed by atoms with van der Waals surface area (Å²) in [5.74, 6) is -0.0345. The van der Waals surface area contributed by atoms with Gasteiger partial charge in [0.2, 0.25) is 0 Å². The Morgan fingerprint density at radius 2 is 1.46 bits per heavy atom. The first-order chi connectivity index (χ1) is 19.0. The van der Waals surface area contributed by atoms with E-state index in [1.165, 1.54) is 55.3 Å². The Hall–Kier alpha value is -3.28. The molecule has 3 nitrogen and oxygen atoms in total. The van der Waals surface area contributed by atoms with Crippen LogP contribution in [0.15, 0.2) is 98.2 Å². The minimum atomic E-state index is -0.271. The van der Waals surface area contributed by atoms with Crippen molar-refractivity contribution in [3.63, 3.8) is 0 Å². The molecule has 1 aliphatic rings. The smallest absolute Gasteiger partial charge is 0.123 e. The first-order valence-electron chi connectivity index (χ1n) is 13.9. The summed E-state index contributed by atoms with van der Waals surface area (Å²) in [7, 11) is 1.50. The maximum atomic E-state index is 13.5. The van der Waals surface area contributed by atoms with Crippen LogP contribution in [0.4, 0.5) is 8.78 Å². The fraction of sp³-hybridized carbons (Fsp3) is 0.353. The molecule has 0 saturated carbocycles. The number of hydrogen-bond acceptors (Lipinski definition) is 3. The lowest BCUT2D eigenvalue weighted by Gasteiger charge is -2.32. The number of nitrogens with one attached hydrogen (secondary N) is 1. The maximum Gasteiger partial charge on any atom is 0.123 e. The molecule has 0 bridgehead atoms. The van der Waals surface area contributed by atoms with Crippen LogP contribution >= 0.6 is 0 Å². The molecule has 39 heavy (non-hydrogen) atoms. The van der Waals surface area contributed by atoms with Crippen molar-refractivity contribution in [2.24, 2.45) is 5.73 Å². The number of nitrogens with two attached hydrogens (primary N) is 1. The van der Waals surface area contributed by atoms with E-state index in [1.54, 1.807) is 24.3 Å². The third kappa shape index (κ3) is 9.76. The molecular weight excluding hydrogens is 488 g/mol. The summed E-state index contributed by atoms with van der Waals surface area (Å²) in [4.78, 5) is 2.56. The topological polar surface area (TPSA) is 41.3 Å². The van der Waals surface area contributed by atoms with Crippen LogP contribution in [0.3, 0.4) is 0 Å². The minimum absolute atomic E-state index is 0.161. The van der Waals surface area contributed by atoms with E-state index in [4.69, 9.17) is 0 Å². The van der Waals surface area contributed by atoms with Crippen molar-refractivity contribution < 1.29 is 8.78 Å². The highest BCUT2D eigenvalue weighted by Crippen LogP contribution is 2.31. The van der Waals surface area contributed by atoms with E-state index in [1.807, 2.05) is 0 Å². The van der Waals surface area contributed by atoms with Crippen LogP contribution < -0.4 is 11.1 Å². The largest absolute Gasteiger partial charge is 0.388 e. The normalized spacial score (nSPS) is 13.6. The summed E-state index contributed by atoms with van der Waals surface area (Å²) in [6.45, 7) is 16.6. The van der Waals surface area contributed by atoms with Crippen LogP contribution in [-0.4, -0.2) is 38.1 Å². The number of hydrogen-bond donors (Lipinski definition) is 2. The van der Waals surface area contributed by atoms with Crippen LogP contribution in [0, 0.1) is 11.6 Å². The van der Waals surface area contributed by atoms with E-state index < -0.39 is 0 Å². The zero-order valence-corrected chi connectivity index (χ0v) is 23.6. The first kappa shape index (κ1) is 31.9. The summed E-state index contributed by atoms with van der Waals surface area (Å²) in [6.07, 6.45) is 4.54. The molecule has 0 atom stereocenters. The van der Waals surface area contributed by atoms with Gasteiger partial charge in [0.25, 0.3) is 0 Å². The van der Waals surface area contributed by atoms with Gasteiger partial charge < -0.3 is 16.0 Å². The number of piperidine rings is 1. The average molecular weight is 534 g/mol. The summed E-state index contributed by atoms with van der Waals surface area (Å²) in [6, 6.07) is 22.0. The van der Waals surface area contributed by atoms with Crippen molar-refractivity contribution in [2.45, 2.75) is 44.4 Å². The van der Waals surface area contributed by atoms with E-state index in [-0.39, 0.29) is 17.6 Å². The predicted molar refractivity (Wildman–Crippen MR) is 162 cm³/mol. The lowest BCUT2D eigenvalue weighted by Crippen LogP contribution is -2.35. The number of likely N-dealkylation sites (tertiary alicyclic amines) is 1. The van der Waals surface area contributed by atoms with E-state index in [9.17, 15) is 8.78 Å². The number of aryl methyl sites for hydroxylation is 1. The standard InChI is InChI=1S/C31H36F2N2.C2H4.CH5N/c1-3-24-6-4-7-28(22-24)25-16-20-35(21-17-25)19-5-18-34-23(2)31(26-8-12-29(32)13-9-26)27-10-14-30(33)15-11-27;2*1-2/h4,6-15,22,25,31,34H,2-3,5,16-21H2,1H3;1-2H2;2H2,1H3. The average Bonchev–Trinajstić information content (AvgIpc) is 3.00. The molecule has 0 aromatic heterocycles. The summed E-state index contributed by atoms with van der Waals surface area (Å²) in [5.41, 5.74) is 10.1. The number of nitrogens with zero attached hydrogens (tertiary/aromatic N) is 1. The van der Waals surface area contributed by atoms with Crippen LogP contribution in [0.25, 0.3) is 0 Å². The Bertz CT molecular complexity index is 1060. The molecule has 1 heterocycles. The number of benzene rings is 3. The van der Waals surface area contributed by atoms with Crippen LogP contribution in [-0.2, 0) is 6.42 Å². The summed E-state index contributed by atoms with van der Waals surface area (Å²) >= 11 is 0. The fourth-order valence-corrected chi connectivity index (χ4v) is 5.12. The molecule has 1 fully saturated rings. The highest BCUT2D eigenvalue weighted by molar-refractivity contribution is 5.39. The Kier molecular flexibility index (Phi) is 14.2. The van der Waals surface area contributed by atoms with Crippen molar-refractivity contribution in [2.75, 3.05) is 33.2 Å². The van der Waals surface area contributed by atoms with Gasteiger partial charge in [-0.05, 0) is 105 Å². The Morgan fingerprint density at radius 3 is 1.97 bits per heavy atom. The molecule has 0 aliphatic carbocycles. The predicted octanol–water partition coefficient (Wildman–Crippen LogP) is 7.41. The van der Waals surface area contributed by atoms with Gasteiger partial charge in [-0.25, -0.2) is 8.78 Å². The van der Waals surface area contributed by atoms with Gasteiger partial charge in [0.05, 0.1) is 0 Å². The zero-order valence-electron chi connectivity index (χ0n) is 23.6.